The van der Waals surface area contributed by atoms with Gasteiger partial charge in [0.1, 0.15) is 0 Å². The first-order valence-electron chi connectivity index (χ1n) is 6.34. The van der Waals surface area contributed by atoms with Crippen LogP contribution in [0.2, 0.25) is 0 Å². The van der Waals surface area contributed by atoms with E-state index < -0.39 is 0 Å². The molecule has 2 aromatic heterocycles. The topological polar surface area (TPSA) is 62.3 Å². The molecule has 0 fully saturated rings. The van der Waals surface area contributed by atoms with Gasteiger partial charge in [-0.3, -0.25) is 0 Å². The highest BCUT2D eigenvalue weighted by molar-refractivity contribution is 7.80. The zero-order valence-electron chi connectivity index (χ0n) is 10.9. The van der Waals surface area contributed by atoms with Crippen molar-refractivity contribution < 1.29 is 9.47 Å². The molecule has 0 atom stereocenters. The minimum atomic E-state index is 0.245. The Morgan fingerprint density at radius 3 is 2.90 bits per heavy atom. The van der Waals surface area contributed by atoms with Gasteiger partial charge in [0.25, 0.3) is 0 Å². The summed E-state index contributed by atoms with van der Waals surface area (Å²) >= 11 is 6.70. The molecular formula is C14H11N3O2S2. The van der Waals surface area contributed by atoms with Crippen molar-refractivity contribution in [2.24, 2.45) is 5.73 Å². The summed E-state index contributed by atoms with van der Waals surface area (Å²) in [4.78, 5) is 6.20. The fourth-order valence-electron chi connectivity index (χ4n) is 2.42. The molecule has 0 unspecified atom stereocenters. The average molecular weight is 317 g/mol. The van der Waals surface area contributed by atoms with E-state index in [-0.39, 0.29) is 6.79 Å². The zero-order valence-corrected chi connectivity index (χ0v) is 12.5. The van der Waals surface area contributed by atoms with E-state index in [2.05, 4.69) is 0 Å². The number of nitrogens with zero attached hydrogens (tertiary/aromatic N) is 2. The van der Waals surface area contributed by atoms with Crippen molar-refractivity contribution in [3.63, 3.8) is 0 Å². The van der Waals surface area contributed by atoms with Crippen LogP contribution in [0.25, 0.3) is 21.7 Å². The van der Waals surface area contributed by atoms with Crippen LogP contribution >= 0.6 is 23.6 Å². The van der Waals surface area contributed by atoms with Crippen LogP contribution in [0.5, 0.6) is 11.5 Å². The minimum absolute atomic E-state index is 0.245. The smallest absolute Gasteiger partial charge is 0.231 e. The number of rotatable bonds is 3. The third-order valence-corrected chi connectivity index (χ3v) is 4.29. The molecule has 1 aliphatic rings. The summed E-state index contributed by atoms with van der Waals surface area (Å²) in [6.45, 7) is 0.688. The van der Waals surface area contributed by atoms with Crippen LogP contribution in [0.15, 0.2) is 29.6 Å². The highest BCUT2D eigenvalue weighted by Gasteiger charge is 2.20. The fourth-order valence-corrected chi connectivity index (χ4v) is 3.28. The predicted octanol–water partition coefficient (Wildman–Crippen LogP) is 2.78. The van der Waals surface area contributed by atoms with Gasteiger partial charge in [0.2, 0.25) is 6.79 Å². The van der Waals surface area contributed by atoms with Crippen molar-refractivity contribution in [3.8, 4) is 22.2 Å². The molecule has 1 aliphatic heterocycles. The number of aromatic nitrogens is 2. The van der Waals surface area contributed by atoms with Gasteiger partial charge in [0, 0.05) is 12.1 Å². The zero-order chi connectivity index (χ0) is 14.4. The average Bonchev–Trinajstić information content (AvgIpc) is 3.15. The van der Waals surface area contributed by atoms with Crippen molar-refractivity contribution in [1.82, 2.24) is 9.55 Å². The molecule has 0 amide bonds. The first-order chi connectivity index (χ1) is 10.2. The number of thiocarbonyl (C=S) groups is 1. The maximum atomic E-state index is 5.74. The summed E-state index contributed by atoms with van der Waals surface area (Å²) < 4.78 is 12.9. The summed E-state index contributed by atoms with van der Waals surface area (Å²) in [7, 11) is 0. The van der Waals surface area contributed by atoms with Gasteiger partial charge < -0.3 is 19.8 Å². The molecule has 0 saturated carbocycles. The van der Waals surface area contributed by atoms with Gasteiger partial charge in [-0.2, -0.15) is 0 Å². The Bertz CT molecular complexity index is 840. The van der Waals surface area contributed by atoms with Crippen molar-refractivity contribution in [2.45, 2.75) is 6.54 Å². The van der Waals surface area contributed by atoms with Gasteiger partial charge in [-0.05, 0) is 11.4 Å². The van der Waals surface area contributed by atoms with E-state index in [1.807, 2.05) is 34.2 Å². The second-order valence-electron chi connectivity index (χ2n) is 4.66. The minimum Gasteiger partial charge on any atom is -0.454 e. The van der Waals surface area contributed by atoms with Gasteiger partial charge in [-0.25, -0.2) is 4.98 Å². The molecule has 0 radical (unpaired) electrons. The Labute approximate surface area is 129 Å². The molecule has 7 heteroatoms. The van der Waals surface area contributed by atoms with E-state index in [1.54, 1.807) is 11.3 Å². The van der Waals surface area contributed by atoms with Gasteiger partial charge in [0.05, 0.1) is 27.4 Å². The Hall–Kier alpha value is -2.12. The first-order valence-corrected chi connectivity index (χ1v) is 7.63. The molecule has 0 bridgehead atoms. The lowest BCUT2D eigenvalue weighted by Crippen LogP contribution is -2.17. The maximum absolute atomic E-state index is 5.74. The van der Waals surface area contributed by atoms with E-state index in [0.717, 1.165) is 33.2 Å². The normalized spacial score (nSPS) is 13.0. The molecule has 2 N–H and O–H groups in total. The molecule has 0 aliphatic carbocycles. The third-order valence-electron chi connectivity index (χ3n) is 3.30. The van der Waals surface area contributed by atoms with E-state index in [4.69, 9.17) is 32.4 Å². The molecule has 21 heavy (non-hydrogen) atoms. The van der Waals surface area contributed by atoms with Gasteiger partial charge in [-0.1, -0.05) is 18.3 Å². The Morgan fingerprint density at radius 1 is 1.38 bits per heavy atom. The summed E-state index contributed by atoms with van der Waals surface area (Å²) in [6.07, 6.45) is 0. The largest absolute Gasteiger partial charge is 0.454 e. The van der Waals surface area contributed by atoms with Gasteiger partial charge >= 0.3 is 0 Å². The van der Waals surface area contributed by atoms with Gasteiger partial charge in [0.15, 0.2) is 17.3 Å². The maximum Gasteiger partial charge on any atom is 0.231 e. The molecule has 106 valence electrons. The molecule has 5 nitrogen and oxygen atoms in total. The lowest BCUT2D eigenvalue weighted by Gasteiger charge is -2.07. The summed E-state index contributed by atoms with van der Waals surface area (Å²) in [5, 5.41) is 2.02. The van der Waals surface area contributed by atoms with E-state index in [0.29, 0.717) is 11.5 Å². The van der Waals surface area contributed by atoms with Gasteiger partial charge in [-0.15, -0.1) is 11.3 Å². The number of benzene rings is 1. The van der Waals surface area contributed by atoms with Crippen molar-refractivity contribution in [2.75, 3.05) is 6.79 Å². The Morgan fingerprint density at radius 2 is 2.19 bits per heavy atom. The third kappa shape index (κ3) is 2.05. The summed E-state index contributed by atoms with van der Waals surface area (Å²) in [5.74, 6) is 2.31. The Balaban J connectivity index is 1.98. The molecular weight excluding hydrogens is 306 g/mol. The van der Waals surface area contributed by atoms with E-state index in [1.165, 1.54) is 0 Å². The van der Waals surface area contributed by atoms with Crippen molar-refractivity contribution >= 4 is 39.6 Å². The SMILES string of the molecule is NC(=S)Cn1c(-c2cccs2)nc2cc3c(cc21)OCO3. The number of hydrogen-bond acceptors (Lipinski definition) is 5. The van der Waals surface area contributed by atoms with Crippen LogP contribution in [-0.4, -0.2) is 21.3 Å². The lowest BCUT2D eigenvalue weighted by molar-refractivity contribution is 0.174. The summed E-state index contributed by atoms with van der Waals surface area (Å²) in [5.41, 5.74) is 7.53. The monoisotopic (exact) mass is 317 g/mol. The van der Waals surface area contributed by atoms with Crippen LogP contribution in [0, 0.1) is 0 Å². The number of thiophene rings is 1. The summed E-state index contributed by atoms with van der Waals surface area (Å²) in [6, 6.07) is 7.85. The quantitative estimate of drug-likeness (QED) is 0.753. The molecule has 0 spiro atoms. The van der Waals surface area contributed by atoms with Crippen molar-refractivity contribution in [1.29, 1.82) is 0 Å². The molecule has 1 aromatic carbocycles. The molecule has 0 saturated heterocycles. The van der Waals surface area contributed by atoms with Crippen LogP contribution in [0.3, 0.4) is 0 Å². The standard InChI is InChI=1S/C14H11N3O2S2/c15-13(20)6-17-9-5-11-10(18-7-19-11)4-8(9)16-14(17)12-2-1-3-21-12/h1-5H,6-7H2,(H2,15,20). The van der Waals surface area contributed by atoms with Crippen LogP contribution < -0.4 is 15.2 Å². The highest BCUT2D eigenvalue weighted by atomic mass is 32.1. The second kappa shape index (κ2) is 4.71. The number of imidazole rings is 1. The first kappa shape index (κ1) is 12.6. The molecule has 4 rings (SSSR count). The van der Waals surface area contributed by atoms with Crippen LogP contribution in [0.4, 0.5) is 0 Å². The second-order valence-corrected chi connectivity index (χ2v) is 6.13. The molecule has 3 aromatic rings. The van der Waals surface area contributed by atoms with E-state index in [9.17, 15) is 0 Å². The molecule has 3 heterocycles. The van der Waals surface area contributed by atoms with E-state index >= 15 is 0 Å². The predicted molar refractivity (Wildman–Crippen MR) is 86.0 cm³/mol. The lowest BCUT2D eigenvalue weighted by atomic mass is 10.2. The fraction of sp³-hybridized carbons (Fsp3) is 0.143. The Kier molecular flexibility index (Phi) is 2.83. The number of fused-ring (bicyclic) bond motifs is 2. The highest BCUT2D eigenvalue weighted by Crippen LogP contribution is 2.38. The number of hydrogen-bond donors (Lipinski definition) is 1. The number of ether oxygens (including phenoxy) is 2. The van der Waals surface area contributed by atoms with Crippen molar-refractivity contribution in [3.05, 3.63) is 29.6 Å². The van der Waals surface area contributed by atoms with Crippen LogP contribution in [0.1, 0.15) is 0 Å². The number of nitrogens with two attached hydrogens (primary N) is 1. The van der Waals surface area contributed by atoms with Crippen LogP contribution in [-0.2, 0) is 6.54 Å².